The van der Waals surface area contributed by atoms with Crippen LogP contribution in [-0.2, 0) is 14.6 Å². The second-order valence-corrected chi connectivity index (χ2v) is 8.74. The maximum atomic E-state index is 11.9. The first-order valence-corrected chi connectivity index (χ1v) is 9.60. The van der Waals surface area contributed by atoms with Gasteiger partial charge in [-0.25, -0.2) is 13.2 Å². The highest BCUT2D eigenvalue weighted by Crippen LogP contribution is 2.24. The maximum Gasteiger partial charge on any atom is 0.335 e. The van der Waals surface area contributed by atoms with Crippen LogP contribution in [0.15, 0.2) is 18.2 Å². The second kappa shape index (κ2) is 6.70. The van der Waals surface area contributed by atoms with E-state index in [1.54, 1.807) is 19.1 Å². The molecule has 1 heterocycles. The van der Waals surface area contributed by atoms with Crippen LogP contribution in [0.1, 0.15) is 22.3 Å². The molecule has 1 aliphatic heterocycles. The minimum atomic E-state index is -2.93. The fourth-order valence-corrected chi connectivity index (χ4v) is 5.71. The number of aromatic carboxylic acids is 1. The van der Waals surface area contributed by atoms with E-state index in [0.717, 1.165) is 0 Å². The molecule has 0 aromatic heterocycles. The van der Waals surface area contributed by atoms with Crippen molar-refractivity contribution in [2.45, 2.75) is 18.6 Å². The average molecular weight is 343 g/mol. The quantitative estimate of drug-likeness (QED) is 0.841. The summed E-state index contributed by atoms with van der Waals surface area (Å²) in [5.41, 5.74) is 1.30. The first-order valence-electron chi connectivity index (χ1n) is 6.72. The molecule has 120 valence electrons. The largest absolute Gasteiger partial charge is 0.478 e. The van der Waals surface area contributed by atoms with E-state index in [9.17, 15) is 18.0 Å². The predicted molar refractivity (Wildman–Crippen MR) is 86.3 cm³/mol. The Morgan fingerprint density at radius 1 is 1.41 bits per heavy atom. The van der Waals surface area contributed by atoms with Crippen molar-refractivity contribution < 1.29 is 23.1 Å². The van der Waals surface area contributed by atoms with Gasteiger partial charge in [0.1, 0.15) is 0 Å². The molecule has 1 fully saturated rings. The Balaban J connectivity index is 1.87. The minimum Gasteiger partial charge on any atom is -0.478 e. The third-order valence-corrected chi connectivity index (χ3v) is 6.66. The molecule has 0 spiro atoms. The molecule has 0 bridgehead atoms. The molecular formula is C14H17NO5S2. The van der Waals surface area contributed by atoms with Gasteiger partial charge in [0, 0.05) is 10.9 Å². The molecule has 1 aromatic carbocycles. The first-order chi connectivity index (χ1) is 10.3. The zero-order valence-electron chi connectivity index (χ0n) is 12.0. The Kier molecular flexibility index (Phi) is 5.12. The van der Waals surface area contributed by atoms with Gasteiger partial charge in [0.05, 0.1) is 22.8 Å². The van der Waals surface area contributed by atoms with Crippen LogP contribution in [-0.4, -0.2) is 47.9 Å². The van der Waals surface area contributed by atoms with Crippen LogP contribution in [0.25, 0.3) is 0 Å². The fraction of sp³-hybridized carbons (Fsp3) is 0.429. The lowest BCUT2D eigenvalue weighted by atomic mass is 10.1. The number of aryl methyl sites for hydroxylation is 1. The number of sulfone groups is 1. The van der Waals surface area contributed by atoms with Crippen molar-refractivity contribution in [3.05, 3.63) is 29.3 Å². The van der Waals surface area contributed by atoms with Crippen molar-refractivity contribution in [1.29, 1.82) is 0 Å². The number of hydrogen-bond donors (Lipinski definition) is 2. The van der Waals surface area contributed by atoms with Gasteiger partial charge < -0.3 is 10.4 Å². The summed E-state index contributed by atoms with van der Waals surface area (Å²) in [6.07, 6.45) is 0.590. The summed E-state index contributed by atoms with van der Waals surface area (Å²) in [4.78, 5) is 22.8. The van der Waals surface area contributed by atoms with Crippen LogP contribution < -0.4 is 5.32 Å². The van der Waals surface area contributed by atoms with Crippen molar-refractivity contribution in [3.8, 4) is 0 Å². The van der Waals surface area contributed by atoms with Gasteiger partial charge in [-0.05, 0) is 37.1 Å². The average Bonchev–Trinajstić information content (AvgIpc) is 2.76. The van der Waals surface area contributed by atoms with E-state index >= 15 is 0 Å². The molecule has 1 unspecified atom stereocenters. The van der Waals surface area contributed by atoms with Crippen molar-refractivity contribution in [2.24, 2.45) is 0 Å². The number of carbonyl (C=O) groups is 2. The van der Waals surface area contributed by atoms with Crippen molar-refractivity contribution in [2.75, 3.05) is 22.6 Å². The predicted octanol–water partition coefficient (Wildman–Crippen LogP) is 1.55. The van der Waals surface area contributed by atoms with Crippen molar-refractivity contribution >= 4 is 39.2 Å². The van der Waals surface area contributed by atoms with E-state index < -0.39 is 15.8 Å². The van der Waals surface area contributed by atoms with Gasteiger partial charge >= 0.3 is 5.97 Å². The molecule has 1 amide bonds. The smallest absolute Gasteiger partial charge is 0.335 e. The monoisotopic (exact) mass is 343 g/mol. The number of anilines is 1. The van der Waals surface area contributed by atoms with Gasteiger partial charge in [-0.3, -0.25) is 4.79 Å². The van der Waals surface area contributed by atoms with E-state index in [2.05, 4.69) is 5.32 Å². The number of nitrogens with one attached hydrogen (secondary N) is 1. The highest BCUT2D eigenvalue weighted by Gasteiger charge is 2.28. The van der Waals surface area contributed by atoms with Gasteiger partial charge in [0.2, 0.25) is 5.91 Å². The Bertz CT molecular complexity index is 699. The van der Waals surface area contributed by atoms with Crippen LogP contribution in [0.3, 0.4) is 0 Å². The Morgan fingerprint density at radius 3 is 2.68 bits per heavy atom. The van der Waals surface area contributed by atoms with E-state index in [0.29, 0.717) is 17.7 Å². The third kappa shape index (κ3) is 4.48. The molecule has 22 heavy (non-hydrogen) atoms. The molecule has 2 rings (SSSR count). The van der Waals surface area contributed by atoms with E-state index in [1.807, 2.05) is 0 Å². The molecule has 0 saturated carbocycles. The van der Waals surface area contributed by atoms with Gasteiger partial charge in [-0.1, -0.05) is 0 Å². The molecule has 8 heteroatoms. The number of amides is 1. The summed E-state index contributed by atoms with van der Waals surface area (Å²) in [7, 11) is -2.93. The topological polar surface area (TPSA) is 101 Å². The van der Waals surface area contributed by atoms with Crippen LogP contribution >= 0.6 is 11.8 Å². The first kappa shape index (κ1) is 16.8. The number of rotatable bonds is 5. The number of benzene rings is 1. The Morgan fingerprint density at radius 2 is 2.14 bits per heavy atom. The number of carbonyl (C=O) groups excluding carboxylic acids is 1. The van der Waals surface area contributed by atoms with E-state index in [-0.39, 0.29) is 34.0 Å². The summed E-state index contributed by atoms with van der Waals surface area (Å²) in [6, 6.07) is 4.59. The van der Waals surface area contributed by atoms with Crippen LogP contribution in [0, 0.1) is 6.92 Å². The molecule has 0 radical (unpaired) electrons. The zero-order chi connectivity index (χ0) is 16.3. The molecule has 0 aliphatic carbocycles. The normalized spacial score (nSPS) is 19.8. The van der Waals surface area contributed by atoms with E-state index in [4.69, 9.17) is 5.11 Å². The second-order valence-electron chi connectivity index (χ2n) is 5.22. The lowest BCUT2D eigenvalue weighted by molar-refractivity contribution is -0.113. The Labute approximate surface area is 133 Å². The molecular weight excluding hydrogens is 326 g/mol. The number of carboxylic acid groups (broad SMARTS) is 1. The highest BCUT2D eigenvalue weighted by molar-refractivity contribution is 8.02. The SMILES string of the molecule is Cc1cc(NC(=O)CSC2CCS(=O)(=O)C2)ccc1C(=O)O. The third-order valence-electron chi connectivity index (χ3n) is 3.38. The maximum absolute atomic E-state index is 11.9. The van der Waals surface area contributed by atoms with Gasteiger partial charge in [0.15, 0.2) is 9.84 Å². The summed E-state index contributed by atoms with van der Waals surface area (Å²) >= 11 is 1.34. The molecule has 1 saturated heterocycles. The number of carboxylic acids is 1. The van der Waals surface area contributed by atoms with Crippen LogP contribution in [0.4, 0.5) is 5.69 Å². The highest BCUT2D eigenvalue weighted by atomic mass is 32.2. The molecule has 1 aliphatic rings. The number of hydrogen-bond acceptors (Lipinski definition) is 5. The summed E-state index contributed by atoms with van der Waals surface area (Å²) < 4.78 is 22.7. The summed E-state index contributed by atoms with van der Waals surface area (Å²) in [6.45, 7) is 1.66. The molecule has 1 atom stereocenters. The van der Waals surface area contributed by atoms with Crippen molar-refractivity contribution in [1.82, 2.24) is 0 Å². The minimum absolute atomic E-state index is 0.0214. The fourth-order valence-electron chi connectivity index (χ4n) is 2.26. The van der Waals surface area contributed by atoms with Crippen LogP contribution in [0.5, 0.6) is 0 Å². The summed E-state index contributed by atoms with van der Waals surface area (Å²) in [5, 5.41) is 11.6. The number of thioether (sulfide) groups is 1. The molecule has 2 N–H and O–H groups in total. The zero-order valence-corrected chi connectivity index (χ0v) is 13.7. The van der Waals surface area contributed by atoms with Crippen molar-refractivity contribution in [3.63, 3.8) is 0 Å². The molecule has 6 nitrogen and oxygen atoms in total. The Hall–Kier alpha value is -1.54. The van der Waals surface area contributed by atoms with Gasteiger partial charge in [-0.2, -0.15) is 0 Å². The van der Waals surface area contributed by atoms with E-state index in [1.165, 1.54) is 17.8 Å². The summed E-state index contributed by atoms with van der Waals surface area (Å²) in [5.74, 6) is -0.718. The van der Waals surface area contributed by atoms with Gasteiger partial charge in [-0.15, -0.1) is 11.8 Å². The van der Waals surface area contributed by atoms with Crippen LogP contribution in [0.2, 0.25) is 0 Å². The van der Waals surface area contributed by atoms with Gasteiger partial charge in [0.25, 0.3) is 0 Å². The standard InChI is InChI=1S/C14H17NO5S2/c1-9-6-10(2-3-12(9)14(17)18)15-13(16)7-21-11-4-5-22(19,20)8-11/h2-3,6,11H,4-5,7-8H2,1H3,(H,15,16)(H,17,18). The lowest BCUT2D eigenvalue weighted by Gasteiger charge is -2.09. The molecule has 1 aromatic rings. The lowest BCUT2D eigenvalue weighted by Crippen LogP contribution is -2.17.